The molecule has 0 atom stereocenters. The highest BCUT2D eigenvalue weighted by Gasteiger charge is 2.15. The van der Waals surface area contributed by atoms with E-state index in [2.05, 4.69) is 38.1 Å². The molecule has 1 fully saturated rings. The monoisotopic (exact) mass is 481 g/mol. The van der Waals surface area contributed by atoms with Gasteiger partial charge in [0.1, 0.15) is 18.1 Å². The summed E-state index contributed by atoms with van der Waals surface area (Å²) in [6.07, 6.45) is 1.63. The van der Waals surface area contributed by atoms with E-state index in [1.807, 2.05) is 42.5 Å². The molecule has 0 aliphatic carbocycles. The van der Waals surface area contributed by atoms with Crippen LogP contribution in [0.25, 0.3) is 0 Å². The number of nitrogens with one attached hydrogen (secondary N) is 1. The normalized spacial score (nSPS) is 15.5. The number of hydrogen-bond donors (Lipinski definition) is 1. The van der Waals surface area contributed by atoms with E-state index in [1.165, 1.54) is 11.8 Å². The number of benzene rings is 2. The third-order valence-electron chi connectivity index (χ3n) is 3.45. The van der Waals surface area contributed by atoms with Crippen molar-refractivity contribution in [2.75, 3.05) is 12.9 Å². The molecule has 0 saturated carbocycles. The number of nitrogens with zero attached hydrogens (tertiary/aromatic N) is 2. The summed E-state index contributed by atoms with van der Waals surface area (Å²) in [7, 11) is 1.63. The number of amidine groups is 1. The van der Waals surface area contributed by atoms with Crippen LogP contribution in [0.1, 0.15) is 11.1 Å². The van der Waals surface area contributed by atoms with Gasteiger partial charge in [0, 0.05) is 9.13 Å². The van der Waals surface area contributed by atoms with Crippen molar-refractivity contribution >= 4 is 51.6 Å². The second-order valence-electron chi connectivity index (χ2n) is 5.30. The maximum Gasteiger partial charge on any atom is 0.236 e. The largest absolute Gasteiger partial charge is 0.496 e. The minimum Gasteiger partial charge on any atom is -0.496 e. The standard InChI is InChI=1S/C18H16IN3O3S/c1-24-16-7-2-12(9-20-22-18-21-17(23)11-26-18)8-13(16)10-25-15-5-3-14(19)4-6-15/h2-9H,10-11H2,1H3,(H,21,22,23). The van der Waals surface area contributed by atoms with Crippen LogP contribution < -0.4 is 14.8 Å². The van der Waals surface area contributed by atoms with Gasteiger partial charge in [0.2, 0.25) is 5.91 Å². The Kier molecular flexibility index (Phi) is 6.51. The zero-order valence-corrected chi connectivity index (χ0v) is 16.9. The average molecular weight is 481 g/mol. The molecule has 0 bridgehead atoms. The van der Waals surface area contributed by atoms with Gasteiger partial charge in [-0.15, -0.1) is 5.10 Å². The van der Waals surface area contributed by atoms with Gasteiger partial charge < -0.3 is 14.8 Å². The van der Waals surface area contributed by atoms with Gasteiger partial charge >= 0.3 is 0 Å². The Morgan fingerprint density at radius 2 is 2.08 bits per heavy atom. The molecule has 2 aromatic rings. The molecule has 0 radical (unpaired) electrons. The van der Waals surface area contributed by atoms with E-state index in [0.717, 1.165) is 26.2 Å². The first-order valence-corrected chi connectivity index (χ1v) is 9.79. The van der Waals surface area contributed by atoms with E-state index >= 15 is 0 Å². The fourth-order valence-electron chi connectivity index (χ4n) is 2.21. The topological polar surface area (TPSA) is 72.3 Å². The zero-order chi connectivity index (χ0) is 18.4. The first kappa shape index (κ1) is 18.7. The summed E-state index contributed by atoms with van der Waals surface area (Å²) >= 11 is 3.59. The predicted molar refractivity (Wildman–Crippen MR) is 112 cm³/mol. The van der Waals surface area contributed by atoms with Crippen LogP contribution in [-0.4, -0.2) is 30.2 Å². The zero-order valence-electron chi connectivity index (χ0n) is 13.9. The smallest absolute Gasteiger partial charge is 0.236 e. The molecular weight excluding hydrogens is 465 g/mol. The Morgan fingerprint density at radius 3 is 2.77 bits per heavy atom. The van der Waals surface area contributed by atoms with Crippen molar-refractivity contribution in [1.29, 1.82) is 0 Å². The first-order chi connectivity index (χ1) is 12.6. The molecule has 1 N–H and O–H groups in total. The molecule has 0 unspecified atom stereocenters. The van der Waals surface area contributed by atoms with Crippen molar-refractivity contribution in [2.45, 2.75) is 6.61 Å². The molecule has 3 rings (SSSR count). The Hall–Kier alpha value is -2.07. The van der Waals surface area contributed by atoms with E-state index in [0.29, 0.717) is 17.5 Å². The number of amides is 1. The van der Waals surface area contributed by atoms with Gasteiger partial charge in [-0.2, -0.15) is 5.10 Å². The molecule has 26 heavy (non-hydrogen) atoms. The van der Waals surface area contributed by atoms with Gasteiger partial charge in [0.05, 0.1) is 19.1 Å². The Labute approximate surface area is 169 Å². The van der Waals surface area contributed by atoms with Crippen LogP contribution in [-0.2, 0) is 11.4 Å². The molecule has 1 saturated heterocycles. The van der Waals surface area contributed by atoms with E-state index < -0.39 is 0 Å². The summed E-state index contributed by atoms with van der Waals surface area (Å²) in [5.74, 6) is 1.88. The summed E-state index contributed by atoms with van der Waals surface area (Å²) in [4.78, 5) is 11.1. The fourth-order valence-corrected chi connectivity index (χ4v) is 3.20. The number of hydrogen-bond acceptors (Lipinski definition) is 6. The maximum atomic E-state index is 11.1. The van der Waals surface area contributed by atoms with Crippen LogP contribution in [0.5, 0.6) is 11.5 Å². The summed E-state index contributed by atoms with van der Waals surface area (Å²) < 4.78 is 12.4. The number of methoxy groups -OCH3 is 1. The van der Waals surface area contributed by atoms with Crippen LogP contribution >= 0.6 is 34.4 Å². The lowest BCUT2D eigenvalue weighted by molar-refractivity contribution is -0.116. The predicted octanol–water partition coefficient (Wildman–Crippen LogP) is 3.43. The molecular formula is C18H16IN3O3S. The second-order valence-corrected chi connectivity index (χ2v) is 7.51. The average Bonchev–Trinajstić information content (AvgIpc) is 3.06. The molecule has 2 aromatic carbocycles. The van der Waals surface area contributed by atoms with Crippen LogP contribution in [0.3, 0.4) is 0 Å². The third kappa shape index (κ3) is 5.21. The van der Waals surface area contributed by atoms with Crippen LogP contribution in [0.15, 0.2) is 52.7 Å². The van der Waals surface area contributed by atoms with E-state index in [9.17, 15) is 4.79 Å². The fraction of sp³-hybridized carbons (Fsp3) is 0.167. The maximum absolute atomic E-state index is 11.1. The van der Waals surface area contributed by atoms with Crippen molar-refractivity contribution in [3.8, 4) is 11.5 Å². The lowest BCUT2D eigenvalue weighted by Gasteiger charge is -2.11. The minimum atomic E-state index is -0.0524. The number of carbonyl (C=O) groups is 1. The van der Waals surface area contributed by atoms with E-state index in [4.69, 9.17) is 9.47 Å². The molecule has 134 valence electrons. The number of ether oxygens (including phenoxy) is 2. The highest BCUT2D eigenvalue weighted by atomic mass is 127. The summed E-state index contributed by atoms with van der Waals surface area (Å²) in [5, 5.41) is 11.2. The van der Waals surface area contributed by atoms with Gasteiger partial charge in [0.15, 0.2) is 5.17 Å². The molecule has 1 aliphatic rings. The van der Waals surface area contributed by atoms with Gasteiger partial charge in [-0.05, 0) is 70.6 Å². The highest BCUT2D eigenvalue weighted by molar-refractivity contribution is 14.1. The van der Waals surface area contributed by atoms with Crippen LogP contribution in [0.4, 0.5) is 0 Å². The van der Waals surface area contributed by atoms with Crippen LogP contribution in [0, 0.1) is 3.57 Å². The van der Waals surface area contributed by atoms with Gasteiger partial charge in [0.25, 0.3) is 0 Å². The van der Waals surface area contributed by atoms with E-state index in [-0.39, 0.29) is 5.91 Å². The molecule has 1 heterocycles. The van der Waals surface area contributed by atoms with Crippen molar-refractivity contribution in [2.24, 2.45) is 10.2 Å². The third-order valence-corrected chi connectivity index (χ3v) is 5.04. The molecule has 6 nitrogen and oxygen atoms in total. The Morgan fingerprint density at radius 1 is 1.27 bits per heavy atom. The van der Waals surface area contributed by atoms with Gasteiger partial charge in [-0.1, -0.05) is 11.8 Å². The lowest BCUT2D eigenvalue weighted by atomic mass is 10.1. The van der Waals surface area contributed by atoms with Crippen LogP contribution in [0.2, 0.25) is 0 Å². The molecule has 1 amide bonds. The number of halogens is 1. The minimum absolute atomic E-state index is 0.0524. The summed E-state index contributed by atoms with van der Waals surface area (Å²) in [6.45, 7) is 0.381. The van der Waals surface area contributed by atoms with Crippen molar-refractivity contribution in [3.05, 3.63) is 57.2 Å². The van der Waals surface area contributed by atoms with E-state index in [1.54, 1.807) is 13.3 Å². The Balaban J connectivity index is 1.69. The molecule has 1 aliphatic heterocycles. The number of rotatable bonds is 6. The SMILES string of the molecule is COc1ccc(C=NN=C2NC(=O)CS2)cc1COc1ccc(I)cc1. The number of thioether (sulfide) groups is 1. The second kappa shape index (κ2) is 9.04. The summed E-state index contributed by atoms with van der Waals surface area (Å²) in [6, 6.07) is 13.6. The van der Waals surface area contributed by atoms with Crippen molar-refractivity contribution < 1.29 is 14.3 Å². The molecule has 0 spiro atoms. The van der Waals surface area contributed by atoms with Gasteiger partial charge in [-0.3, -0.25) is 4.79 Å². The molecule has 0 aromatic heterocycles. The highest BCUT2D eigenvalue weighted by Crippen LogP contribution is 2.22. The van der Waals surface area contributed by atoms with Crippen molar-refractivity contribution in [3.63, 3.8) is 0 Å². The Bertz CT molecular complexity index is 853. The first-order valence-electron chi connectivity index (χ1n) is 7.73. The summed E-state index contributed by atoms with van der Waals surface area (Å²) in [5.41, 5.74) is 1.77. The quantitative estimate of drug-likeness (QED) is 0.390. The lowest BCUT2D eigenvalue weighted by Crippen LogP contribution is -2.19. The number of carbonyl (C=O) groups excluding carboxylic acids is 1. The van der Waals surface area contributed by atoms with Gasteiger partial charge in [-0.25, -0.2) is 0 Å². The van der Waals surface area contributed by atoms with Crippen molar-refractivity contribution in [1.82, 2.24) is 5.32 Å². The molecule has 8 heteroatoms.